The Morgan fingerprint density at radius 1 is 0.737 bits per heavy atom. The zero-order valence-electron chi connectivity index (χ0n) is 10.2. The summed E-state index contributed by atoms with van der Waals surface area (Å²) in [5.41, 5.74) is 0.582. The zero-order chi connectivity index (χ0) is 13.1. The molecule has 0 fully saturated rings. The third kappa shape index (κ3) is 2.41. The van der Waals surface area contributed by atoms with Gasteiger partial charge in [-0.3, -0.25) is 0 Å². The third-order valence-corrected chi connectivity index (χ3v) is 2.90. The first-order chi connectivity index (χ1) is 9.35. The Balaban J connectivity index is 1.94. The molecule has 0 bridgehead atoms. The molecule has 19 heavy (non-hydrogen) atoms. The van der Waals surface area contributed by atoms with Crippen molar-refractivity contribution < 1.29 is 4.74 Å². The Labute approximate surface area is 111 Å². The quantitative estimate of drug-likeness (QED) is 0.567. The normalized spacial score (nSPS) is 10.1. The van der Waals surface area contributed by atoms with Crippen LogP contribution in [0.5, 0.6) is 11.5 Å². The molecule has 0 heterocycles. The lowest BCUT2D eigenvalue weighted by atomic mass is 10.1. The molecule has 3 aromatic carbocycles. The summed E-state index contributed by atoms with van der Waals surface area (Å²) in [6.07, 6.45) is 0. The average molecular weight is 245 g/mol. The minimum Gasteiger partial charge on any atom is -0.459 e. The summed E-state index contributed by atoms with van der Waals surface area (Å²) in [5, 5.41) is 2.33. The van der Waals surface area contributed by atoms with Crippen LogP contribution in [0.2, 0.25) is 0 Å². The number of hydrogen-bond donors (Lipinski definition) is 0. The molecule has 2 nitrogen and oxygen atoms in total. The maximum Gasteiger partial charge on any atom is 0.190 e. The molecule has 3 aromatic rings. The summed E-state index contributed by atoms with van der Waals surface area (Å²) < 4.78 is 5.79. The van der Waals surface area contributed by atoms with Gasteiger partial charge < -0.3 is 4.74 Å². The maximum atomic E-state index is 7.00. The van der Waals surface area contributed by atoms with Crippen LogP contribution in [-0.4, -0.2) is 0 Å². The first kappa shape index (κ1) is 11.3. The zero-order valence-corrected chi connectivity index (χ0v) is 10.2. The number of hydrogen-bond acceptors (Lipinski definition) is 1. The third-order valence-electron chi connectivity index (χ3n) is 2.90. The lowest BCUT2D eigenvalue weighted by Crippen LogP contribution is -1.83. The van der Waals surface area contributed by atoms with Crippen LogP contribution in [0.3, 0.4) is 0 Å². The molecule has 0 saturated carbocycles. The van der Waals surface area contributed by atoms with Gasteiger partial charge in [-0.25, -0.2) is 4.85 Å². The van der Waals surface area contributed by atoms with Crippen molar-refractivity contribution in [2.24, 2.45) is 0 Å². The molecule has 0 aliphatic heterocycles. The van der Waals surface area contributed by atoms with Gasteiger partial charge in [-0.1, -0.05) is 42.5 Å². The second-order valence-corrected chi connectivity index (χ2v) is 4.22. The first-order valence-electron chi connectivity index (χ1n) is 5.99. The average Bonchev–Trinajstić information content (AvgIpc) is 2.47. The van der Waals surface area contributed by atoms with E-state index < -0.39 is 0 Å². The van der Waals surface area contributed by atoms with E-state index in [-0.39, 0.29) is 0 Å². The molecule has 3 rings (SSSR count). The highest BCUT2D eigenvalue weighted by Crippen LogP contribution is 2.27. The fourth-order valence-electron chi connectivity index (χ4n) is 1.98. The van der Waals surface area contributed by atoms with Crippen LogP contribution in [0.15, 0.2) is 66.7 Å². The van der Waals surface area contributed by atoms with E-state index in [1.54, 1.807) is 12.1 Å². The van der Waals surface area contributed by atoms with E-state index in [0.717, 1.165) is 11.1 Å². The van der Waals surface area contributed by atoms with Crippen LogP contribution in [0.25, 0.3) is 15.6 Å². The van der Waals surface area contributed by atoms with E-state index in [0.29, 0.717) is 11.4 Å². The molecule has 0 radical (unpaired) electrons. The van der Waals surface area contributed by atoms with Crippen molar-refractivity contribution in [3.63, 3.8) is 0 Å². The first-order valence-corrected chi connectivity index (χ1v) is 5.99. The lowest BCUT2D eigenvalue weighted by molar-refractivity contribution is 0.484. The maximum absolute atomic E-state index is 7.00. The van der Waals surface area contributed by atoms with Crippen molar-refractivity contribution in [3.05, 3.63) is 78.1 Å². The number of benzene rings is 3. The van der Waals surface area contributed by atoms with Gasteiger partial charge in [0.15, 0.2) is 5.69 Å². The summed E-state index contributed by atoms with van der Waals surface area (Å²) in [7, 11) is 0. The van der Waals surface area contributed by atoms with Crippen LogP contribution >= 0.6 is 0 Å². The highest BCUT2D eigenvalue weighted by atomic mass is 16.5. The Morgan fingerprint density at radius 3 is 2.37 bits per heavy atom. The Hall–Kier alpha value is -2.79. The van der Waals surface area contributed by atoms with Crippen molar-refractivity contribution in [1.29, 1.82) is 0 Å². The SMILES string of the molecule is [C-]#[N+]c1cccc(Oc2ccc3ccccc3c2)c1. The summed E-state index contributed by atoms with van der Waals surface area (Å²) in [6, 6.07) is 21.3. The number of ether oxygens (including phenoxy) is 1. The molecule has 0 amide bonds. The van der Waals surface area contributed by atoms with Crippen molar-refractivity contribution >= 4 is 16.5 Å². The van der Waals surface area contributed by atoms with Gasteiger partial charge in [0.25, 0.3) is 0 Å². The highest BCUT2D eigenvalue weighted by Gasteiger charge is 2.00. The van der Waals surface area contributed by atoms with Gasteiger partial charge in [-0.2, -0.15) is 0 Å². The van der Waals surface area contributed by atoms with Gasteiger partial charge in [-0.15, -0.1) is 0 Å². The molecule has 0 spiro atoms. The second kappa shape index (κ2) is 4.83. The molecule has 0 aliphatic carbocycles. The van der Waals surface area contributed by atoms with Crippen molar-refractivity contribution in [2.75, 3.05) is 0 Å². The monoisotopic (exact) mass is 245 g/mol. The Bertz CT molecular complexity index is 771. The van der Waals surface area contributed by atoms with Gasteiger partial charge >= 0.3 is 0 Å². The minimum absolute atomic E-state index is 0.582. The smallest absolute Gasteiger partial charge is 0.190 e. The van der Waals surface area contributed by atoms with Crippen LogP contribution in [-0.2, 0) is 0 Å². The lowest BCUT2D eigenvalue weighted by Gasteiger charge is -2.07. The molecule has 0 atom stereocenters. The molecular formula is C17H11NO. The molecule has 2 heteroatoms. The standard InChI is InChI=1S/C17H11NO/c1-18-15-7-4-8-16(12-15)19-17-10-9-13-5-2-3-6-14(13)11-17/h2-12H. The summed E-state index contributed by atoms with van der Waals surface area (Å²) in [4.78, 5) is 3.39. The van der Waals surface area contributed by atoms with E-state index in [2.05, 4.69) is 17.0 Å². The van der Waals surface area contributed by atoms with E-state index in [1.165, 1.54) is 5.39 Å². The fourth-order valence-corrected chi connectivity index (χ4v) is 1.98. The largest absolute Gasteiger partial charge is 0.459 e. The fraction of sp³-hybridized carbons (Fsp3) is 0. The van der Waals surface area contributed by atoms with E-state index >= 15 is 0 Å². The molecule has 0 unspecified atom stereocenters. The van der Waals surface area contributed by atoms with E-state index in [4.69, 9.17) is 11.3 Å². The van der Waals surface area contributed by atoms with Crippen LogP contribution < -0.4 is 4.74 Å². The van der Waals surface area contributed by atoms with E-state index in [1.807, 2.05) is 42.5 Å². The predicted octanol–water partition coefficient (Wildman–Crippen LogP) is 5.18. The highest BCUT2D eigenvalue weighted by molar-refractivity contribution is 5.83. The number of fused-ring (bicyclic) bond motifs is 1. The van der Waals surface area contributed by atoms with Crippen LogP contribution in [0.4, 0.5) is 5.69 Å². The van der Waals surface area contributed by atoms with Gasteiger partial charge in [-0.05, 0) is 35.0 Å². The molecule has 0 aromatic heterocycles. The van der Waals surface area contributed by atoms with Crippen LogP contribution in [0.1, 0.15) is 0 Å². The Morgan fingerprint density at radius 2 is 1.53 bits per heavy atom. The minimum atomic E-state index is 0.582. The predicted molar refractivity (Wildman–Crippen MR) is 76.7 cm³/mol. The summed E-state index contributed by atoms with van der Waals surface area (Å²) in [5.74, 6) is 1.46. The molecule has 0 aliphatic rings. The molecule has 0 N–H and O–H groups in total. The number of rotatable bonds is 2. The van der Waals surface area contributed by atoms with Crippen molar-refractivity contribution in [1.82, 2.24) is 0 Å². The van der Waals surface area contributed by atoms with Gasteiger partial charge in [0, 0.05) is 0 Å². The molecule has 90 valence electrons. The van der Waals surface area contributed by atoms with Crippen molar-refractivity contribution in [3.8, 4) is 11.5 Å². The van der Waals surface area contributed by atoms with Gasteiger partial charge in [0.2, 0.25) is 0 Å². The molecule has 0 saturated heterocycles. The molecular weight excluding hydrogens is 234 g/mol. The summed E-state index contributed by atoms with van der Waals surface area (Å²) in [6.45, 7) is 7.00. The van der Waals surface area contributed by atoms with Crippen LogP contribution in [0, 0.1) is 6.57 Å². The second-order valence-electron chi connectivity index (χ2n) is 4.22. The Kier molecular flexibility index (Phi) is 2.88. The topological polar surface area (TPSA) is 13.6 Å². The van der Waals surface area contributed by atoms with Gasteiger partial charge in [0.05, 0.1) is 6.57 Å². The van der Waals surface area contributed by atoms with E-state index in [9.17, 15) is 0 Å². The van der Waals surface area contributed by atoms with Crippen molar-refractivity contribution in [2.45, 2.75) is 0 Å². The van der Waals surface area contributed by atoms with Gasteiger partial charge in [0.1, 0.15) is 11.5 Å². The number of nitrogens with zero attached hydrogens (tertiary/aromatic N) is 1. The summed E-state index contributed by atoms with van der Waals surface area (Å²) >= 11 is 0.